The average molecular weight is 265 g/mol. The Kier molecular flexibility index (Phi) is 7.68. The molecule has 1 aromatic rings. The maximum Gasteiger partial charge on any atom is 0.0564 e. The Morgan fingerprint density at radius 1 is 1.31 bits per heavy atom. The van der Waals surface area contributed by atoms with Crippen LogP contribution in [0.2, 0.25) is 0 Å². The summed E-state index contributed by atoms with van der Waals surface area (Å²) in [6, 6.07) is 4.06. The summed E-state index contributed by atoms with van der Waals surface area (Å²) >= 11 is 0. The standard InChI is InChI=1S/C11H16N2O.2ClH/c14-11-3-6-13(7-4-11)9-10-2-1-5-12-8-10;;/h1-2,5,8,11,14H,3-4,6-7,9H2;2*1H. The number of hydrogen-bond donors (Lipinski definition) is 1. The number of aromatic nitrogens is 1. The van der Waals surface area contributed by atoms with Gasteiger partial charge >= 0.3 is 0 Å². The van der Waals surface area contributed by atoms with Crippen LogP contribution in [0.5, 0.6) is 0 Å². The molecule has 3 nitrogen and oxygen atoms in total. The molecule has 0 spiro atoms. The molecule has 0 saturated carbocycles. The second-order valence-corrected chi connectivity index (χ2v) is 3.87. The van der Waals surface area contributed by atoms with Crippen molar-refractivity contribution in [3.63, 3.8) is 0 Å². The van der Waals surface area contributed by atoms with Crippen LogP contribution in [0.15, 0.2) is 24.5 Å². The summed E-state index contributed by atoms with van der Waals surface area (Å²) in [6.45, 7) is 2.95. The van der Waals surface area contributed by atoms with Gasteiger partial charge in [0.1, 0.15) is 0 Å². The van der Waals surface area contributed by atoms with Crippen LogP contribution >= 0.6 is 24.8 Å². The number of hydrogen-bond acceptors (Lipinski definition) is 3. The molecule has 2 heterocycles. The molecular weight excluding hydrogens is 247 g/mol. The highest BCUT2D eigenvalue weighted by Crippen LogP contribution is 2.12. The minimum absolute atomic E-state index is 0. The molecule has 0 radical (unpaired) electrons. The lowest BCUT2D eigenvalue weighted by Crippen LogP contribution is -2.35. The number of nitrogens with zero attached hydrogens (tertiary/aromatic N) is 2. The van der Waals surface area contributed by atoms with Crippen molar-refractivity contribution in [1.82, 2.24) is 9.88 Å². The number of aliphatic hydroxyl groups excluding tert-OH is 1. The zero-order valence-corrected chi connectivity index (χ0v) is 10.7. The van der Waals surface area contributed by atoms with Crippen molar-refractivity contribution >= 4 is 24.8 Å². The van der Waals surface area contributed by atoms with Gasteiger partial charge in [0.25, 0.3) is 0 Å². The van der Waals surface area contributed by atoms with E-state index in [9.17, 15) is 5.11 Å². The van der Waals surface area contributed by atoms with Gasteiger partial charge in [-0.25, -0.2) is 0 Å². The van der Waals surface area contributed by atoms with E-state index in [1.807, 2.05) is 12.3 Å². The summed E-state index contributed by atoms with van der Waals surface area (Å²) in [5.41, 5.74) is 1.25. The molecule has 5 heteroatoms. The molecule has 92 valence electrons. The molecule has 2 rings (SSSR count). The fourth-order valence-electron chi connectivity index (χ4n) is 1.83. The molecule has 0 aromatic carbocycles. The van der Waals surface area contributed by atoms with Crippen LogP contribution in [0, 0.1) is 0 Å². The first kappa shape index (κ1) is 15.7. The predicted molar refractivity (Wildman–Crippen MR) is 69.3 cm³/mol. The smallest absolute Gasteiger partial charge is 0.0564 e. The van der Waals surface area contributed by atoms with E-state index >= 15 is 0 Å². The lowest BCUT2D eigenvalue weighted by molar-refractivity contribution is 0.0792. The molecule has 0 bridgehead atoms. The van der Waals surface area contributed by atoms with Crippen molar-refractivity contribution in [3.8, 4) is 0 Å². The van der Waals surface area contributed by atoms with Crippen molar-refractivity contribution < 1.29 is 5.11 Å². The Morgan fingerprint density at radius 3 is 2.56 bits per heavy atom. The number of piperidine rings is 1. The zero-order valence-electron chi connectivity index (χ0n) is 9.08. The van der Waals surface area contributed by atoms with Gasteiger partial charge in [-0.3, -0.25) is 9.88 Å². The first-order chi connectivity index (χ1) is 6.84. The Bertz CT molecular complexity index is 277. The topological polar surface area (TPSA) is 36.4 Å². The summed E-state index contributed by atoms with van der Waals surface area (Å²) in [5, 5.41) is 9.35. The fourth-order valence-corrected chi connectivity index (χ4v) is 1.83. The van der Waals surface area contributed by atoms with Crippen molar-refractivity contribution in [2.45, 2.75) is 25.5 Å². The lowest BCUT2D eigenvalue weighted by Gasteiger charge is -2.29. The molecule has 1 N–H and O–H groups in total. The minimum Gasteiger partial charge on any atom is -0.393 e. The van der Waals surface area contributed by atoms with E-state index in [-0.39, 0.29) is 30.9 Å². The number of rotatable bonds is 2. The van der Waals surface area contributed by atoms with Gasteiger partial charge in [0.05, 0.1) is 6.10 Å². The lowest BCUT2D eigenvalue weighted by atomic mass is 10.1. The number of pyridine rings is 1. The van der Waals surface area contributed by atoms with E-state index in [1.54, 1.807) is 6.20 Å². The van der Waals surface area contributed by atoms with Gasteiger partial charge in [0, 0.05) is 32.0 Å². The Hall–Kier alpha value is -0.350. The third kappa shape index (κ3) is 4.66. The van der Waals surface area contributed by atoms with Crippen LogP contribution in [0.3, 0.4) is 0 Å². The predicted octanol–water partition coefficient (Wildman–Crippen LogP) is 1.88. The second kappa shape index (κ2) is 7.85. The maximum atomic E-state index is 9.35. The molecular formula is C11H18Cl2N2O. The monoisotopic (exact) mass is 264 g/mol. The first-order valence-corrected chi connectivity index (χ1v) is 5.14. The Balaban J connectivity index is 0.00000112. The third-order valence-electron chi connectivity index (χ3n) is 2.69. The number of aliphatic hydroxyl groups is 1. The van der Waals surface area contributed by atoms with Crippen molar-refractivity contribution in [2.24, 2.45) is 0 Å². The highest BCUT2D eigenvalue weighted by Gasteiger charge is 2.16. The van der Waals surface area contributed by atoms with E-state index in [1.165, 1.54) is 5.56 Å². The summed E-state index contributed by atoms with van der Waals surface area (Å²) < 4.78 is 0. The van der Waals surface area contributed by atoms with Gasteiger partial charge in [0.2, 0.25) is 0 Å². The van der Waals surface area contributed by atoms with Crippen LogP contribution in [0.1, 0.15) is 18.4 Å². The molecule has 0 unspecified atom stereocenters. The van der Waals surface area contributed by atoms with E-state index in [0.717, 1.165) is 32.5 Å². The number of likely N-dealkylation sites (tertiary alicyclic amines) is 1. The van der Waals surface area contributed by atoms with Crippen LogP contribution < -0.4 is 0 Å². The van der Waals surface area contributed by atoms with Crippen molar-refractivity contribution in [3.05, 3.63) is 30.1 Å². The molecule has 1 aliphatic heterocycles. The van der Waals surface area contributed by atoms with Crippen molar-refractivity contribution in [1.29, 1.82) is 0 Å². The number of halogens is 2. The quantitative estimate of drug-likeness (QED) is 0.887. The highest BCUT2D eigenvalue weighted by molar-refractivity contribution is 5.85. The van der Waals surface area contributed by atoms with Crippen LogP contribution in [-0.2, 0) is 6.54 Å². The first-order valence-electron chi connectivity index (χ1n) is 5.14. The van der Waals surface area contributed by atoms with Gasteiger partial charge in [-0.1, -0.05) is 6.07 Å². The normalized spacial score (nSPS) is 17.3. The maximum absolute atomic E-state index is 9.35. The van der Waals surface area contributed by atoms with E-state index < -0.39 is 0 Å². The Morgan fingerprint density at radius 2 is 2.00 bits per heavy atom. The van der Waals surface area contributed by atoms with Crippen LogP contribution in [0.4, 0.5) is 0 Å². The average Bonchev–Trinajstić information content (AvgIpc) is 2.23. The second-order valence-electron chi connectivity index (χ2n) is 3.87. The molecule has 1 aliphatic rings. The van der Waals surface area contributed by atoms with E-state index in [0.29, 0.717) is 0 Å². The molecule has 1 aromatic heterocycles. The highest BCUT2D eigenvalue weighted by atomic mass is 35.5. The van der Waals surface area contributed by atoms with E-state index in [4.69, 9.17) is 0 Å². The van der Waals surface area contributed by atoms with E-state index in [2.05, 4.69) is 16.0 Å². The summed E-state index contributed by atoms with van der Waals surface area (Å²) in [7, 11) is 0. The summed E-state index contributed by atoms with van der Waals surface area (Å²) in [4.78, 5) is 6.45. The zero-order chi connectivity index (χ0) is 9.80. The summed E-state index contributed by atoms with van der Waals surface area (Å²) in [6.07, 6.45) is 5.43. The molecule has 16 heavy (non-hydrogen) atoms. The van der Waals surface area contributed by atoms with Gasteiger partial charge in [-0.2, -0.15) is 0 Å². The third-order valence-corrected chi connectivity index (χ3v) is 2.69. The molecule has 0 atom stereocenters. The van der Waals surface area contributed by atoms with Crippen LogP contribution in [0.25, 0.3) is 0 Å². The SMILES string of the molecule is Cl.Cl.OC1CCN(Cc2cccnc2)CC1. The minimum atomic E-state index is -0.0832. The van der Waals surface area contributed by atoms with Crippen LogP contribution in [-0.4, -0.2) is 34.2 Å². The van der Waals surface area contributed by atoms with Crippen molar-refractivity contribution in [2.75, 3.05) is 13.1 Å². The van der Waals surface area contributed by atoms with Gasteiger partial charge in [-0.05, 0) is 24.5 Å². The molecule has 0 amide bonds. The van der Waals surface area contributed by atoms with Gasteiger partial charge < -0.3 is 5.11 Å². The Labute approximate surface area is 109 Å². The van der Waals surface area contributed by atoms with Gasteiger partial charge in [0.15, 0.2) is 0 Å². The summed E-state index contributed by atoms with van der Waals surface area (Å²) in [5.74, 6) is 0. The van der Waals surface area contributed by atoms with Gasteiger partial charge in [-0.15, -0.1) is 24.8 Å². The largest absolute Gasteiger partial charge is 0.393 e. The fraction of sp³-hybridized carbons (Fsp3) is 0.545. The molecule has 1 saturated heterocycles. The molecule has 0 aliphatic carbocycles. The molecule has 1 fully saturated rings.